The van der Waals surface area contributed by atoms with Crippen LogP contribution in [0.5, 0.6) is 11.5 Å². The van der Waals surface area contributed by atoms with Gasteiger partial charge in [0.15, 0.2) is 5.75 Å². The first kappa shape index (κ1) is 11.8. The van der Waals surface area contributed by atoms with Crippen molar-refractivity contribution in [1.82, 2.24) is 0 Å². The monoisotopic (exact) mass is 247 g/mol. The molecule has 2 N–H and O–H groups in total. The molecule has 3 heteroatoms. The maximum Gasteiger partial charge on any atom is 0.151 e. The minimum atomic E-state index is 0.578. The van der Waals surface area contributed by atoms with Crippen LogP contribution in [0.15, 0.2) is 42.5 Å². The Labute approximate surface area is 106 Å². The van der Waals surface area contributed by atoms with Crippen LogP contribution >= 0.6 is 11.6 Å². The molecule has 0 amide bonds. The predicted molar refractivity (Wildman–Crippen MR) is 71.8 cm³/mol. The van der Waals surface area contributed by atoms with Gasteiger partial charge in [0.25, 0.3) is 0 Å². The summed E-state index contributed by atoms with van der Waals surface area (Å²) in [6.45, 7) is 2.12. The predicted octanol–water partition coefficient (Wildman–Crippen LogP) is 4.28. The van der Waals surface area contributed by atoms with Crippen molar-refractivity contribution in [3.63, 3.8) is 0 Å². The van der Waals surface area contributed by atoms with Gasteiger partial charge in [-0.15, -0.1) is 0 Å². The molecule has 2 aromatic rings. The van der Waals surface area contributed by atoms with Gasteiger partial charge in [0.05, 0.1) is 5.69 Å². The molecule has 0 unspecified atom stereocenters. The summed E-state index contributed by atoms with van der Waals surface area (Å²) < 4.78 is 5.68. The number of rotatable bonds is 3. The van der Waals surface area contributed by atoms with E-state index in [0.717, 1.165) is 12.2 Å². The molecule has 0 aliphatic carbocycles. The van der Waals surface area contributed by atoms with Crippen LogP contribution < -0.4 is 10.5 Å². The first-order valence-electron chi connectivity index (χ1n) is 5.51. The van der Waals surface area contributed by atoms with Gasteiger partial charge < -0.3 is 10.5 Å². The molecular weight excluding hydrogens is 234 g/mol. The number of anilines is 1. The summed E-state index contributed by atoms with van der Waals surface area (Å²) in [5, 5.41) is 0.611. The fraction of sp³-hybridized carbons (Fsp3) is 0.143. The molecule has 0 heterocycles. The van der Waals surface area contributed by atoms with E-state index in [1.807, 2.05) is 24.3 Å². The second kappa shape index (κ2) is 5.11. The molecule has 0 saturated heterocycles. The van der Waals surface area contributed by atoms with Crippen LogP contribution in [-0.2, 0) is 6.42 Å². The van der Waals surface area contributed by atoms with Gasteiger partial charge in [-0.2, -0.15) is 0 Å². The highest BCUT2D eigenvalue weighted by Gasteiger charge is 2.03. The van der Waals surface area contributed by atoms with Crippen LogP contribution in [0.1, 0.15) is 12.5 Å². The van der Waals surface area contributed by atoms with Crippen LogP contribution in [0.2, 0.25) is 5.02 Å². The molecule has 0 spiro atoms. The zero-order chi connectivity index (χ0) is 12.3. The summed E-state index contributed by atoms with van der Waals surface area (Å²) in [6, 6.07) is 13.1. The zero-order valence-corrected chi connectivity index (χ0v) is 10.4. The molecule has 2 nitrogen and oxygen atoms in total. The summed E-state index contributed by atoms with van der Waals surface area (Å²) >= 11 is 5.90. The van der Waals surface area contributed by atoms with Gasteiger partial charge >= 0.3 is 0 Å². The lowest BCUT2D eigenvalue weighted by molar-refractivity contribution is 0.485. The zero-order valence-electron chi connectivity index (χ0n) is 9.61. The molecule has 0 fully saturated rings. The van der Waals surface area contributed by atoms with Crippen LogP contribution in [-0.4, -0.2) is 0 Å². The fourth-order valence-electron chi connectivity index (χ4n) is 1.52. The van der Waals surface area contributed by atoms with Crippen LogP contribution in [0.3, 0.4) is 0 Å². The average molecular weight is 248 g/mol. The fourth-order valence-corrected chi connectivity index (χ4v) is 1.68. The molecular formula is C14H14ClNO. The normalized spacial score (nSPS) is 10.2. The molecule has 2 rings (SSSR count). The van der Waals surface area contributed by atoms with Gasteiger partial charge in [0.2, 0.25) is 0 Å². The van der Waals surface area contributed by atoms with Gasteiger partial charge in [-0.25, -0.2) is 0 Å². The van der Waals surface area contributed by atoms with Gasteiger partial charge in [-0.05, 0) is 36.2 Å². The number of ether oxygens (including phenoxy) is 1. The van der Waals surface area contributed by atoms with Gasteiger partial charge in [-0.1, -0.05) is 30.7 Å². The molecule has 0 aromatic heterocycles. The minimum absolute atomic E-state index is 0.578. The lowest BCUT2D eigenvalue weighted by Gasteiger charge is -2.09. The Morgan fingerprint density at radius 1 is 1.12 bits per heavy atom. The maximum atomic E-state index is 5.90. The van der Waals surface area contributed by atoms with E-state index in [-0.39, 0.29) is 0 Å². The van der Waals surface area contributed by atoms with E-state index in [9.17, 15) is 0 Å². The SMILES string of the molecule is CCc1ccc(Oc2cc(Cl)ccc2N)cc1. The topological polar surface area (TPSA) is 35.2 Å². The van der Waals surface area contributed by atoms with Crippen molar-refractivity contribution < 1.29 is 4.74 Å². The Morgan fingerprint density at radius 2 is 1.82 bits per heavy atom. The third kappa shape index (κ3) is 2.92. The van der Waals surface area contributed by atoms with E-state index >= 15 is 0 Å². The molecule has 88 valence electrons. The van der Waals surface area contributed by atoms with E-state index in [2.05, 4.69) is 6.92 Å². The number of nitrogen functional groups attached to an aromatic ring is 1. The van der Waals surface area contributed by atoms with E-state index in [4.69, 9.17) is 22.1 Å². The lowest BCUT2D eigenvalue weighted by atomic mass is 10.2. The van der Waals surface area contributed by atoms with Crippen LogP contribution in [0.4, 0.5) is 5.69 Å². The highest BCUT2D eigenvalue weighted by molar-refractivity contribution is 6.30. The Kier molecular flexibility index (Phi) is 3.55. The van der Waals surface area contributed by atoms with Gasteiger partial charge in [0, 0.05) is 11.1 Å². The maximum absolute atomic E-state index is 5.90. The summed E-state index contributed by atoms with van der Waals surface area (Å²) in [5.41, 5.74) is 7.66. The molecule has 0 bridgehead atoms. The summed E-state index contributed by atoms with van der Waals surface area (Å²) in [5.74, 6) is 1.35. The van der Waals surface area contributed by atoms with E-state index < -0.39 is 0 Å². The van der Waals surface area contributed by atoms with Crippen molar-refractivity contribution in [3.8, 4) is 11.5 Å². The number of hydrogen-bond acceptors (Lipinski definition) is 2. The summed E-state index contributed by atoms with van der Waals surface area (Å²) in [6.07, 6.45) is 1.01. The van der Waals surface area contributed by atoms with Gasteiger partial charge in [0.1, 0.15) is 5.75 Å². The standard InChI is InChI=1S/C14H14ClNO/c1-2-10-3-6-12(7-4-10)17-14-9-11(15)5-8-13(14)16/h3-9H,2,16H2,1H3. The highest BCUT2D eigenvalue weighted by Crippen LogP contribution is 2.30. The summed E-state index contributed by atoms with van der Waals surface area (Å²) in [7, 11) is 0. The van der Waals surface area contributed by atoms with Crippen molar-refractivity contribution in [1.29, 1.82) is 0 Å². The number of nitrogens with two attached hydrogens (primary N) is 1. The van der Waals surface area contributed by atoms with Crippen molar-refractivity contribution in [2.75, 3.05) is 5.73 Å². The quantitative estimate of drug-likeness (QED) is 0.822. The Bertz CT molecular complexity index is 508. The molecule has 0 radical (unpaired) electrons. The minimum Gasteiger partial charge on any atom is -0.455 e. The lowest BCUT2D eigenvalue weighted by Crippen LogP contribution is -1.92. The van der Waals surface area contributed by atoms with Crippen molar-refractivity contribution >= 4 is 17.3 Å². The van der Waals surface area contributed by atoms with E-state index in [0.29, 0.717) is 16.5 Å². The molecule has 17 heavy (non-hydrogen) atoms. The highest BCUT2D eigenvalue weighted by atomic mass is 35.5. The largest absolute Gasteiger partial charge is 0.455 e. The van der Waals surface area contributed by atoms with Crippen LogP contribution in [0, 0.1) is 0 Å². The number of halogens is 1. The third-order valence-electron chi connectivity index (χ3n) is 2.54. The Balaban J connectivity index is 2.22. The number of benzene rings is 2. The first-order valence-corrected chi connectivity index (χ1v) is 5.88. The second-order valence-corrected chi connectivity index (χ2v) is 4.22. The van der Waals surface area contributed by atoms with Crippen molar-refractivity contribution in [2.45, 2.75) is 13.3 Å². The number of aryl methyl sites for hydroxylation is 1. The van der Waals surface area contributed by atoms with Gasteiger partial charge in [-0.3, -0.25) is 0 Å². The molecule has 2 aromatic carbocycles. The van der Waals surface area contributed by atoms with Crippen molar-refractivity contribution in [2.24, 2.45) is 0 Å². The van der Waals surface area contributed by atoms with Crippen molar-refractivity contribution in [3.05, 3.63) is 53.1 Å². The average Bonchev–Trinajstić information content (AvgIpc) is 2.35. The first-order chi connectivity index (χ1) is 8.19. The second-order valence-electron chi connectivity index (χ2n) is 3.78. The van der Waals surface area contributed by atoms with E-state index in [1.165, 1.54) is 5.56 Å². The van der Waals surface area contributed by atoms with Crippen LogP contribution in [0.25, 0.3) is 0 Å². The van der Waals surface area contributed by atoms with E-state index in [1.54, 1.807) is 18.2 Å². The molecule has 0 aliphatic heterocycles. The summed E-state index contributed by atoms with van der Waals surface area (Å²) in [4.78, 5) is 0. The smallest absolute Gasteiger partial charge is 0.151 e. The molecule has 0 atom stereocenters. The molecule has 0 aliphatic rings. The third-order valence-corrected chi connectivity index (χ3v) is 2.77. The molecule has 0 saturated carbocycles. The Hall–Kier alpha value is -1.67. The number of hydrogen-bond donors (Lipinski definition) is 1. The Morgan fingerprint density at radius 3 is 2.47 bits per heavy atom.